The van der Waals surface area contributed by atoms with Crippen molar-refractivity contribution in [1.82, 2.24) is 4.90 Å². The lowest BCUT2D eigenvalue weighted by Gasteiger charge is -2.37. The van der Waals surface area contributed by atoms with Gasteiger partial charge >= 0.3 is 0 Å². The highest BCUT2D eigenvalue weighted by Gasteiger charge is 2.22. The Bertz CT molecular complexity index is 147. The predicted octanol–water partition coefficient (Wildman–Crippen LogP) is 3.01. The molecule has 0 aliphatic heterocycles. The van der Waals surface area contributed by atoms with E-state index in [1.165, 1.54) is 25.8 Å². The van der Waals surface area contributed by atoms with Gasteiger partial charge in [-0.1, -0.05) is 27.2 Å². The molecule has 2 N–H and O–H groups in total. The SMILES string of the molecule is CCCCN(C(C)CC)C(C)C(N)CC. The standard InChI is InChI=1S/C13H30N2/c1-6-9-10-15(11(4)7-2)12(5)13(14)8-3/h11-13H,6-10,14H2,1-5H3. The second-order valence-corrected chi connectivity index (χ2v) is 4.66. The highest BCUT2D eigenvalue weighted by Crippen LogP contribution is 2.13. The first-order valence-electron chi connectivity index (χ1n) is 6.59. The van der Waals surface area contributed by atoms with Crippen LogP contribution in [-0.4, -0.2) is 29.6 Å². The summed E-state index contributed by atoms with van der Waals surface area (Å²) < 4.78 is 0. The highest BCUT2D eigenvalue weighted by atomic mass is 15.2. The average Bonchev–Trinajstić information content (AvgIpc) is 2.27. The van der Waals surface area contributed by atoms with Gasteiger partial charge < -0.3 is 5.73 Å². The van der Waals surface area contributed by atoms with E-state index in [-0.39, 0.29) is 0 Å². The van der Waals surface area contributed by atoms with Gasteiger partial charge in [0, 0.05) is 18.1 Å². The maximum absolute atomic E-state index is 6.14. The molecule has 92 valence electrons. The van der Waals surface area contributed by atoms with Gasteiger partial charge in [-0.25, -0.2) is 0 Å². The molecule has 2 heteroatoms. The molecule has 15 heavy (non-hydrogen) atoms. The Morgan fingerprint density at radius 2 is 1.67 bits per heavy atom. The Morgan fingerprint density at radius 1 is 1.07 bits per heavy atom. The van der Waals surface area contributed by atoms with E-state index in [0.717, 1.165) is 6.42 Å². The summed E-state index contributed by atoms with van der Waals surface area (Å²) in [5.74, 6) is 0. The third-order valence-electron chi connectivity index (χ3n) is 3.54. The summed E-state index contributed by atoms with van der Waals surface area (Å²) in [6, 6.07) is 1.48. The first kappa shape index (κ1) is 14.9. The van der Waals surface area contributed by atoms with Crippen molar-refractivity contribution in [2.45, 2.75) is 78.4 Å². The fourth-order valence-corrected chi connectivity index (χ4v) is 1.99. The molecule has 0 radical (unpaired) electrons. The summed E-state index contributed by atoms with van der Waals surface area (Å²) in [6.07, 6.45) is 4.83. The van der Waals surface area contributed by atoms with Crippen molar-refractivity contribution in [2.24, 2.45) is 5.73 Å². The second-order valence-electron chi connectivity index (χ2n) is 4.66. The van der Waals surface area contributed by atoms with Crippen molar-refractivity contribution in [3.8, 4) is 0 Å². The van der Waals surface area contributed by atoms with E-state index >= 15 is 0 Å². The van der Waals surface area contributed by atoms with Crippen molar-refractivity contribution < 1.29 is 0 Å². The first-order chi connectivity index (χ1) is 7.08. The normalized spacial score (nSPS) is 17.8. The van der Waals surface area contributed by atoms with E-state index in [1.54, 1.807) is 0 Å². The molecular weight excluding hydrogens is 184 g/mol. The Balaban J connectivity index is 4.32. The van der Waals surface area contributed by atoms with Gasteiger partial charge in [0.25, 0.3) is 0 Å². The van der Waals surface area contributed by atoms with Crippen molar-refractivity contribution in [2.75, 3.05) is 6.54 Å². The molecule has 0 saturated heterocycles. The van der Waals surface area contributed by atoms with Gasteiger partial charge in [-0.15, -0.1) is 0 Å². The molecule has 2 nitrogen and oxygen atoms in total. The molecule has 0 saturated carbocycles. The molecule has 3 unspecified atom stereocenters. The average molecular weight is 214 g/mol. The van der Waals surface area contributed by atoms with Crippen molar-refractivity contribution >= 4 is 0 Å². The number of rotatable bonds is 8. The molecule has 0 aliphatic carbocycles. The summed E-state index contributed by atoms with van der Waals surface area (Å²) in [6.45, 7) is 12.5. The maximum Gasteiger partial charge on any atom is 0.0221 e. The van der Waals surface area contributed by atoms with E-state index in [0.29, 0.717) is 18.1 Å². The quantitative estimate of drug-likeness (QED) is 0.673. The minimum atomic E-state index is 0.316. The molecule has 0 fully saturated rings. The van der Waals surface area contributed by atoms with Gasteiger partial charge in [0.2, 0.25) is 0 Å². The van der Waals surface area contributed by atoms with Crippen molar-refractivity contribution in [3.63, 3.8) is 0 Å². The Hall–Kier alpha value is -0.0800. The topological polar surface area (TPSA) is 29.3 Å². The molecule has 0 aromatic rings. The zero-order valence-electron chi connectivity index (χ0n) is 11.3. The smallest absolute Gasteiger partial charge is 0.0221 e. The van der Waals surface area contributed by atoms with E-state index in [1.807, 2.05) is 0 Å². The van der Waals surface area contributed by atoms with Crippen LogP contribution in [0.4, 0.5) is 0 Å². The Labute approximate surface area is 96.2 Å². The van der Waals surface area contributed by atoms with Crippen molar-refractivity contribution in [1.29, 1.82) is 0 Å². The summed E-state index contributed by atoms with van der Waals surface area (Å²) in [5.41, 5.74) is 6.14. The third kappa shape index (κ3) is 4.98. The van der Waals surface area contributed by atoms with Gasteiger partial charge in [0.1, 0.15) is 0 Å². The number of hydrogen-bond donors (Lipinski definition) is 1. The largest absolute Gasteiger partial charge is 0.326 e. The molecule has 3 atom stereocenters. The summed E-state index contributed by atoms with van der Waals surface area (Å²) in [4.78, 5) is 2.58. The maximum atomic E-state index is 6.14. The molecule has 0 aromatic carbocycles. The van der Waals surface area contributed by atoms with E-state index in [9.17, 15) is 0 Å². The van der Waals surface area contributed by atoms with Crippen LogP contribution in [0.2, 0.25) is 0 Å². The fourth-order valence-electron chi connectivity index (χ4n) is 1.99. The van der Waals surface area contributed by atoms with Crippen LogP contribution in [0.3, 0.4) is 0 Å². The molecule has 0 aromatic heterocycles. The molecule has 0 bridgehead atoms. The van der Waals surface area contributed by atoms with Crippen LogP contribution in [0.15, 0.2) is 0 Å². The van der Waals surface area contributed by atoms with Crippen LogP contribution in [-0.2, 0) is 0 Å². The number of hydrogen-bond acceptors (Lipinski definition) is 2. The van der Waals surface area contributed by atoms with Gasteiger partial charge in [-0.05, 0) is 39.7 Å². The zero-order valence-corrected chi connectivity index (χ0v) is 11.3. The monoisotopic (exact) mass is 214 g/mol. The lowest BCUT2D eigenvalue weighted by molar-refractivity contribution is 0.127. The van der Waals surface area contributed by atoms with Crippen LogP contribution < -0.4 is 5.73 Å². The number of nitrogens with zero attached hydrogens (tertiary/aromatic N) is 1. The van der Waals surface area contributed by atoms with Crippen LogP contribution in [0.1, 0.15) is 60.3 Å². The molecule has 0 aliphatic rings. The van der Waals surface area contributed by atoms with Gasteiger partial charge in [-0.3, -0.25) is 4.90 Å². The van der Waals surface area contributed by atoms with Crippen LogP contribution in [0.25, 0.3) is 0 Å². The van der Waals surface area contributed by atoms with Crippen LogP contribution in [0.5, 0.6) is 0 Å². The highest BCUT2D eigenvalue weighted by molar-refractivity contribution is 4.80. The van der Waals surface area contributed by atoms with Crippen LogP contribution in [0, 0.1) is 0 Å². The van der Waals surface area contributed by atoms with Gasteiger partial charge in [-0.2, -0.15) is 0 Å². The molecular formula is C13H30N2. The second kappa shape index (κ2) is 8.12. The summed E-state index contributed by atoms with van der Waals surface area (Å²) >= 11 is 0. The van der Waals surface area contributed by atoms with E-state index < -0.39 is 0 Å². The molecule has 0 rings (SSSR count). The fraction of sp³-hybridized carbons (Fsp3) is 1.00. The Kier molecular flexibility index (Phi) is 8.07. The third-order valence-corrected chi connectivity index (χ3v) is 3.54. The van der Waals surface area contributed by atoms with Gasteiger partial charge in [0.15, 0.2) is 0 Å². The van der Waals surface area contributed by atoms with Gasteiger partial charge in [0.05, 0.1) is 0 Å². The number of unbranched alkanes of at least 4 members (excludes halogenated alkanes) is 1. The molecule has 0 spiro atoms. The number of nitrogens with two attached hydrogens (primary N) is 1. The minimum absolute atomic E-state index is 0.316. The van der Waals surface area contributed by atoms with Crippen LogP contribution >= 0.6 is 0 Å². The van der Waals surface area contributed by atoms with E-state index in [4.69, 9.17) is 5.73 Å². The lowest BCUT2D eigenvalue weighted by Crippen LogP contribution is -2.49. The molecule has 0 heterocycles. The summed E-state index contributed by atoms with van der Waals surface area (Å²) in [5, 5.41) is 0. The van der Waals surface area contributed by atoms with Crippen molar-refractivity contribution in [3.05, 3.63) is 0 Å². The summed E-state index contributed by atoms with van der Waals surface area (Å²) in [7, 11) is 0. The minimum Gasteiger partial charge on any atom is -0.326 e. The Morgan fingerprint density at radius 3 is 2.07 bits per heavy atom. The first-order valence-corrected chi connectivity index (χ1v) is 6.59. The zero-order chi connectivity index (χ0) is 11.8. The molecule has 0 amide bonds. The van der Waals surface area contributed by atoms with E-state index in [2.05, 4.69) is 39.5 Å². The predicted molar refractivity (Wildman–Crippen MR) is 69.1 cm³/mol. The lowest BCUT2D eigenvalue weighted by atomic mass is 10.0.